The van der Waals surface area contributed by atoms with Crippen LogP contribution in [0, 0.1) is 0 Å². The van der Waals surface area contributed by atoms with Crippen molar-refractivity contribution in [2.75, 3.05) is 32.1 Å². The molecule has 1 amide bonds. The zero-order valence-corrected chi connectivity index (χ0v) is 12.3. The number of benzene rings is 1. The van der Waals surface area contributed by atoms with Gasteiger partial charge in [-0.3, -0.25) is 0 Å². The summed E-state index contributed by atoms with van der Waals surface area (Å²) < 4.78 is 4.67. The summed E-state index contributed by atoms with van der Waals surface area (Å²) in [7, 11) is 3.35. The van der Waals surface area contributed by atoms with Crippen LogP contribution in [-0.4, -0.2) is 55.4 Å². The van der Waals surface area contributed by atoms with E-state index in [1.165, 1.54) is 12.0 Å². The number of nitrogens with zero attached hydrogens (tertiary/aromatic N) is 2. The summed E-state index contributed by atoms with van der Waals surface area (Å²) in [5, 5.41) is 8.95. The molecule has 0 saturated carbocycles. The van der Waals surface area contributed by atoms with Crippen molar-refractivity contribution in [2.24, 2.45) is 0 Å². The average molecular weight is 292 g/mol. The van der Waals surface area contributed by atoms with Gasteiger partial charge in [-0.05, 0) is 37.1 Å². The van der Waals surface area contributed by atoms with Crippen molar-refractivity contribution >= 4 is 17.7 Å². The number of carbonyl (C=O) groups excluding carboxylic acids is 1. The van der Waals surface area contributed by atoms with E-state index in [4.69, 9.17) is 5.11 Å². The van der Waals surface area contributed by atoms with E-state index in [2.05, 4.69) is 9.64 Å². The van der Waals surface area contributed by atoms with Crippen LogP contribution < -0.4 is 4.90 Å². The number of piperidine rings is 1. The van der Waals surface area contributed by atoms with Crippen LogP contribution in [0.2, 0.25) is 0 Å². The number of methoxy groups -OCH3 is 1. The Balaban J connectivity index is 1.99. The van der Waals surface area contributed by atoms with E-state index in [0.717, 1.165) is 18.5 Å². The number of esters is 1. The first-order valence-electron chi connectivity index (χ1n) is 6.92. The Bertz CT molecular complexity index is 507. The van der Waals surface area contributed by atoms with Crippen molar-refractivity contribution in [1.82, 2.24) is 4.90 Å². The highest BCUT2D eigenvalue weighted by molar-refractivity contribution is 5.89. The van der Waals surface area contributed by atoms with Gasteiger partial charge in [-0.25, -0.2) is 9.59 Å². The minimum atomic E-state index is -0.849. The highest BCUT2D eigenvalue weighted by Crippen LogP contribution is 2.22. The van der Waals surface area contributed by atoms with Crippen LogP contribution >= 0.6 is 0 Å². The molecule has 6 nitrogen and oxygen atoms in total. The number of carboxylic acid groups (broad SMARTS) is 1. The summed E-state index contributed by atoms with van der Waals surface area (Å²) >= 11 is 0. The first-order chi connectivity index (χ1) is 10.0. The highest BCUT2D eigenvalue weighted by atomic mass is 16.5. The molecular weight excluding hydrogens is 272 g/mol. The van der Waals surface area contributed by atoms with Gasteiger partial charge in [0.1, 0.15) is 0 Å². The molecule has 0 aromatic heterocycles. The number of ether oxygens (including phenoxy) is 1. The quantitative estimate of drug-likeness (QED) is 0.863. The minimum Gasteiger partial charge on any atom is -0.465 e. The van der Waals surface area contributed by atoms with Gasteiger partial charge in [-0.1, -0.05) is 0 Å². The Hall–Kier alpha value is -2.24. The second kappa shape index (κ2) is 6.47. The van der Waals surface area contributed by atoms with Gasteiger partial charge in [0.05, 0.1) is 12.7 Å². The van der Waals surface area contributed by atoms with Crippen LogP contribution in [0.3, 0.4) is 0 Å². The van der Waals surface area contributed by atoms with Gasteiger partial charge in [-0.2, -0.15) is 0 Å². The largest absolute Gasteiger partial charge is 0.465 e. The van der Waals surface area contributed by atoms with Crippen molar-refractivity contribution in [1.29, 1.82) is 0 Å². The summed E-state index contributed by atoms with van der Waals surface area (Å²) in [6.07, 6.45) is 0.766. The first kappa shape index (κ1) is 15.2. The third kappa shape index (κ3) is 3.45. The summed E-state index contributed by atoms with van der Waals surface area (Å²) in [5.41, 5.74) is 1.53. The van der Waals surface area contributed by atoms with E-state index in [1.54, 1.807) is 12.1 Å². The molecule has 0 radical (unpaired) electrons. The molecule has 0 unspecified atom stereocenters. The van der Waals surface area contributed by atoms with E-state index in [9.17, 15) is 9.59 Å². The molecule has 1 N–H and O–H groups in total. The predicted octanol–water partition coefficient (Wildman–Crippen LogP) is 2.05. The van der Waals surface area contributed by atoms with Crippen LogP contribution in [0.1, 0.15) is 23.2 Å². The fourth-order valence-corrected chi connectivity index (χ4v) is 2.61. The van der Waals surface area contributed by atoms with Gasteiger partial charge >= 0.3 is 12.1 Å². The lowest BCUT2D eigenvalue weighted by molar-refractivity contribution is 0.0600. The monoisotopic (exact) mass is 292 g/mol. The van der Waals surface area contributed by atoms with E-state index >= 15 is 0 Å². The molecule has 1 aliphatic rings. The van der Waals surface area contributed by atoms with Gasteiger partial charge in [0.25, 0.3) is 0 Å². The van der Waals surface area contributed by atoms with Gasteiger partial charge in [0, 0.05) is 31.9 Å². The fraction of sp³-hybridized carbons (Fsp3) is 0.467. The van der Waals surface area contributed by atoms with Crippen molar-refractivity contribution in [3.8, 4) is 0 Å². The van der Waals surface area contributed by atoms with Crippen molar-refractivity contribution in [3.05, 3.63) is 29.8 Å². The number of hydrogen-bond donors (Lipinski definition) is 1. The molecular formula is C15H20N2O4. The van der Waals surface area contributed by atoms with Crippen molar-refractivity contribution in [3.63, 3.8) is 0 Å². The van der Waals surface area contributed by atoms with Crippen LogP contribution in [0.4, 0.5) is 10.5 Å². The van der Waals surface area contributed by atoms with Gasteiger partial charge in [-0.15, -0.1) is 0 Å². The van der Waals surface area contributed by atoms with Crippen molar-refractivity contribution in [2.45, 2.75) is 18.9 Å². The Morgan fingerprint density at radius 3 is 2.29 bits per heavy atom. The number of likely N-dealkylation sites (tertiary alicyclic amines) is 1. The summed E-state index contributed by atoms with van der Waals surface area (Å²) in [6, 6.07) is 7.56. The molecule has 21 heavy (non-hydrogen) atoms. The Morgan fingerprint density at radius 2 is 1.81 bits per heavy atom. The number of carbonyl (C=O) groups is 2. The lowest BCUT2D eigenvalue weighted by Gasteiger charge is -2.36. The molecule has 1 heterocycles. The lowest BCUT2D eigenvalue weighted by atomic mass is 10.0. The van der Waals surface area contributed by atoms with E-state index in [-0.39, 0.29) is 5.97 Å². The number of anilines is 1. The molecule has 2 rings (SSSR count). The molecule has 1 saturated heterocycles. The third-order valence-corrected chi connectivity index (χ3v) is 3.98. The summed E-state index contributed by atoms with van der Waals surface area (Å²) in [4.78, 5) is 25.9. The Morgan fingerprint density at radius 1 is 1.24 bits per heavy atom. The van der Waals surface area contributed by atoms with Crippen LogP contribution in [-0.2, 0) is 4.74 Å². The molecule has 114 valence electrons. The predicted molar refractivity (Wildman–Crippen MR) is 78.8 cm³/mol. The molecule has 1 aromatic carbocycles. The molecule has 0 aliphatic carbocycles. The zero-order valence-electron chi connectivity index (χ0n) is 12.3. The normalized spacial score (nSPS) is 15.6. The maximum absolute atomic E-state index is 11.4. The summed E-state index contributed by atoms with van der Waals surface area (Å²) in [5.74, 6) is -0.348. The second-order valence-corrected chi connectivity index (χ2v) is 5.15. The number of amides is 1. The lowest BCUT2D eigenvalue weighted by Crippen LogP contribution is -2.45. The molecule has 0 atom stereocenters. The Kier molecular flexibility index (Phi) is 4.67. The summed E-state index contributed by atoms with van der Waals surface area (Å²) in [6.45, 7) is 1.12. The van der Waals surface area contributed by atoms with Crippen LogP contribution in [0.25, 0.3) is 0 Å². The molecule has 0 bridgehead atoms. The molecule has 1 aliphatic heterocycles. The minimum absolute atomic E-state index is 0.310. The van der Waals surface area contributed by atoms with E-state index < -0.39 is 6.09 Å². The van der Waals surface area contributed by atoms with Gasteiger partial charge in [0.2, 0.25) is 0 Å². The standard InChI is InChI=1S/C15H20N2O4/c1-16(13-7-9-17(10-8-13)15(19)20)12-5-3-11(4-6-12)14(18)21-2/h3-6,13H,7-10H2,1-2H3,(H,19,20). The first-order valence-corrected chi connectivity index (χ1v) is 6.92. The molecule has 6 heteroatoms. The zero-order chi connectivity index (χ0) is 15.4. The number of hydrogen-bond acceptors (Lipinski definition) is 4. The molecule has 1 aromatic rings. The smallest absolute Gasteiger partial charge is 0.407 e. The topological polar surface area (TPSA) is 70.1 Å². The van der Waals surface area contributed by atoms with E-state index in [1.807, 2.05) is 19.2 Å². The molecule has 0 spiro atoms. The van der Waals surface area contributed by atoms with E-state index in [0.29, 0.717) is 24.7 Å². The van der Waals surface area contributed by atoms with Crippen molar-refractivity contribution < 1.29 is 19.4 Å². The average Bonchev–Trinajstić information content (AvgIpc) is 2.53. The SMILES string of the molecule is COC(=O)c1ccc(N(C)C2CCN(C(=O)O)CC2)cc1. The maximum atomic E-state index is 11.4. The Labute approximate surface area is 123 Å². The highest BCUT2D eigenvalue weighted by Gasteiger charge is 2.25. The van der Waals surface area contributed by atoms with Gasteiger partial charge in [0.15, 0.2) is 0 Å². The fourth-order valence-electron chi connectivity index (χ4n) is 2.61. The van der Waals surface area contributed by atoms with Gasteiger partial charge < -0.3 is 19.6 Å². The number of rotatable bonds is 3. The van der Waals surface area contributed by atoms with Crippen LogP contribution in [0.15, 0.2) is 24.3 Å². The maximum Gasteiger partial charge on any atom is 0.407 e. The van der Waals surface area contributed by atoms with Crippen LogP contribution in [0.5, 0.6) is 0 Å². The molecule has 1 fully saturated rings. The third-order valence-electron chi connectivity index (χ3n) is 3.98. The second-order valence-electron chi connectivity index (χ2n) is 5.15.